The van der Waals surface area contributed by atoms with Gasteiger partial charge in [0.15, 0.2) is 5.78 Å². The van der Waals surface area contributed by atoms with Crippen LogP contribution < -0.4 is 10.5 Å². The molecular weight excluding hydrogens is 264 g/mol. The van der Waals surface area contributed by atoms with Gasteiger partial charge in [0.1, 0.15) is 12.4 Å². The highest BCUT2D eigenvalue weighted by Crippen LogP contribution is 2.27. The summed E-state index contributed by atoms with van der Waals surface area (Å²) in [5.41, 5.74) is 6.95. The Kier molecular flexibility index (Phi) is 5.01. The maximum Gasteiger partial charge on any atom is 0.163 e. The SMILES string of the molecule is CC(=O)c1ccccc1OCCN1CCC(N)C(C)(C)C1. The van der Waals surface area contributed by atoms with Gasteiger partial charge in [-0.25, -0.2) is 0 Å². The van der Waals surface area contributed by atoms with Gasteiger partial charge in [-0.05, 0) is 37.4 Å². The van der Waals surface area contributed by atoms with Crippen molar-refractivity contribution in [2.45, 2.75) is 33.2 Å². The van der Waals surface area contributed by atoms with Crippen LogP contribution in [-0.4, -0.2) is 43.0 Å². The molecule has 21 heavy (non-hydrogen) atoms. The standard InChI is InChI=1S/C17H26N2O2/c1-13(20)14-6-4-5-7-15(14)21-11-10-19-9-8-16(18)17(2,3)12-19/h4-7,16H,8-12,18H2,1-3H3. The topological polar surface area (TPSA) is 55.6 Å². The summed E-state index contributed by atoms with van der Waals surface area (Å²) >= 11 is 0. The van der Waals surface area contributed by atoms with Gasteiger partial charge in [0, 0.05) is 19.1 Å². The maximum atomic E-state index is 11.5. The number of hydrogen-bond donors (Lipinski definition) is 1. The lowest BCUT2D eigenvalue weighted by atomic mass is 9.80. The van der Waals surface area contributed by atoms with E-state index < -0.39 is 0 Å². The van der Waals surface area contributed by atoms with Gasteiger partial charge in [0.25, 0.3) is 0 Å². The summed E-state index contributed by atoms with van der Waals surface area (Å²) in [4.78, 5) is 13.9. The van der Waals surface area contributed by atoms with Gasteiger partial charge in [-0.15, -0.1) is 0 Å². The molecule has 2 N–H and O–H groups in total. The fourth-order valence-electron chi connectivity index (χ4n) is 2.84. The molecular formula is C17H26N2O2. The first-order chi connectivity index (χ1) is 9.90. The number of ether oxygens (including phenoxy) is 1. The molecule has 4 heteroatoms. The minimum Gasteiger partial charge on any atom is -0.491 e. The smallest absolute Gasteiger partial charge is 0.163 e. The lowest BCUT2D eigenvalue weighted by Gasteiger charge is -2.42. The molecule has 0 aliphatic carbocycles. The Bertz CT molecular complexity index is 499. The third kappa shape index (κ3) is 4.05. The van der Waals surface area contributed by atoms with E-state index in [4.69, 9.17) is 10.5 Å². The Hall–Kier alpha value is -1.39. The van der Waals surface area contributed by atoms with Crippen LogP contribution in [0, 0.1) is 5.41 Å². The third-order valence-electron chi connectivity index (χ3n) is 4.32. The zero-order valence-corrected chi connectivity index (χ0v) is 13.3. The lowest BCUT2D eigenvalue weighted by Crippen LogP contribution is -2.53. The molecule has 0 spiro atoms. The average Bonchev–Trinajstić information content (AvgIpc) is 2.43. The van der Waals surface area contributed by atoms with E-state index in [0.29, 0.717) is 17.9 Å². The lowest BCUT2D eigenvalue weighted by molar-refractivity contribution is 0.0827. The number of hydrogen-bond acceptors (Lipinski definition) is 4. The monoisotopic (exact) mass is 290 g/mol. The highest BCUT2D eigenvalue weighted by atomic mass is 16.5. The number of carbonyl (C=O) groups is 1. The summed E-state index contributed by atoms with van der Waals surface area (Å²) in [6, 6.07) is 7.68. The molecule has 2 rings (SSSR count). The quantitative estimate of drug-likeness (QED) is 0.846. The van der Waals surface area contributed by atoms with Gasteiger partial charge in [-0.3, -0.25) is 9.69 Å². The van der Waals surface area contributed by atoms with Gasteiger partial charge in [-0.1, -0.05) is 26.0 Å². The van der Waals surface area contributed by atoms with Crippen LogP contribution in [0.2, 0.25) is 0 Å². The van der Waals surface area contributed by atoms with Crippen molar-refractivity contribution in [2.24, 2.45) is 11.1 Å². The van der Waals surface area contributed by atoms with E-state index in [0.717, 1.165) is 26.1 Å². The van der Waals surface area contributed by atoms with Crippen molar-refractivity contribution in [3.8, 4) is 5.75 Å². The molecule has 1 aliphatic rings. The highest BCUT2D eigenvalue weighted by molar-refractivity contribution is 5.96. The summed E-state index contributed by atoms with van der Waals surface area (Å²) < 4.78 is 5.80. The molecule has 0 bridgehead atoms. The van der Waals surface area contributed by atoms with Gasteiger partial charge in [-0.2, -0.15) is 0 Å². The minimum atomic E-state index is 0.0377. The van der Waals surface area contributed by atoms with Crippen LogP contribution in [0.3, 0.4) is 0 Å². The number of benzene rings is 1. The van der Waals surface area contributed by atoms with Crippen LogP contribution in [0.4, 0.5) is 0 Å². The molecule has 116 valence electrons. The average molecular weight is 290 g/mol. The van der Waals surface area contributed by atoms with E-state index in [2.05, 4.69) is 18.7 Å². The number of nitrogens with two attached hydrogens (primary N) is 1. The molecule has 0 saturated carbocycles. The van der Waals surface area contributed by atoms with Crippen LogP contribution in [0.15, 0.2) is 24.3 Å². The summed E-state index contributed by atoms with van der Waals surface area (Å²) in [5.74, 6) is 0.716. The Morgan fingerprint density at radius 2 is 2.14 bits per heavy atom. The van der Waals surface area contributed by atoms with Gasteiger partial charge in [0.2, 0.25) is 0 Å². The molecule has 1 saturated heterocycles. The van der Waals surface area contributed by atoms with Crippen molar-refractivity contribution < 1.29 is 9.53 Å². The molecule has 1 aromatic rings. The number of likely N-dealkylation sites (tertiary alicyclic amines) is 1. The summed E-state index contributed by atoms with van der Waals surface area (Å²) in [6.07, 6.45) is 1.02. The molecule has 0 radical (unpaired) electrons. The number of Topliss-reactive ketones (excluding diaryl/α,β-unsaturated/α-hetero) is 1. The third-order valence-corrected chi connectivity index (χ3v) is 4.32. The van der Waals surface area contributed by atoms with Crippen molar-refractivity contribution in [2.75, 3.05) is 26.2 Å². The van der Waals surface area contributed by atoms with Crippen molar-refractivity contribution in [3.05, 3.63) is 29.8 Å². The number of rotatable bonds is 5. The number of para-hydroxylation sites is 1. The number of nitrogens with zero attached hydrogens (tertiary/aromatic N) is 1. The molecule has 1 aliphatic heterocycles. The first-order valence-electron chi connectivity index (χ1n) is 7.61. The second-order valence-corrected chi connectivity index (χ2v) is 6.56. The van der Waals surface area contributed by atoms with E-state index in [1.165, 1.54) is 0 Å². The first-order valence-corrected chi connectivity index (χ1v) is 7.61. The van der Waals surface area contributed by atoms with Crippen LogP contribution >= 0.6 is 0 Å². The zero-order chi connectivity index (χ0) is 15.5. The fraction of sp³-hybridized carbons (Fsp3) is 0.588. The van der Waals surface area contributed by atoms with Crippen molar-refractivity contribution >= 4 is 5.78 Å². The molecule has 1 atom stereocenters. The minimum absolute atomic E-state index is 0.0377. The predicted molar refractivity (Wildman–Crippen MR) is 84.8 cm³/mol. The zero-order valence-electron chi connectivity index (χ0n) is 13.3. The fourth-order valence-corrected chi connectivity index (χ4v) is 2.84. The van der Waals surface area contributed by atoms with Crippen molar-refractivity contribution in [1.82, 2.24) is 4.90 Å². The van der Waals surface area contributed by atoms with E-state index >= 15 is 0 Å². The number of piperidine rings is 1. The first kappa shape index (κ1) is 16.0. The summed E-state index contributed by atoms with van der Waals surface area (Å²) in [7, 11) is 0. The maximum absolute atomic E-state index is 11.5. The van der Waals surface area contributed by atoms with Crippen molar-refractivity contribution in [1.29, 1.82) is 0 Å². The predicted octanol–water partition coefficient (Wildman–Crippen LogP) is 2.33. The van der Waals surface area contributed by atoms with Crippen LogP contribution in [0.5, 0.6) is 5.75 Å². The molecule has 0 amide bonds. The largest absolute Gasteiger partial charge is 0.491 e. The Labute approximate surface area is 127 Å². The molecule has 1 aromatic carbocycles. The van der Waals surface area contributed by atoms with Crippen LogP contribution in [-0.2, 0) is 0 Å². The second-order valence-electron chi connectivity index (χ2n) is 6.56. The Morgan fingerprint density at radius 1 is 1.43 bits per heavy atom. The van der Waals surface area contributed by atoms with E-state index in [1.54, 1.807) is 13.0 Å². The molecule has 4 nitrogen and oxygen atoms in total. The highest BCUT2D eigenvalue weighted by Gasteiger charge is 2.33. The van der Waals surface area contributed by atoms with E-state index in [9.17, 15) is 4.79 Å². The van der Waals surface area contributed by atoms with Gasteiger partial charge in [0.05, 0.1) is 5.56 Å². The number of ketones is 1. The van der Waals surface area contributed by atoms with E-state index in [-0.39, 0.29) is 17.2 Å². The molecule has 0 aromatic heterocycles. The van der Waals surface area contributed by atoms with Crippen molar-refractivity contribution in [3.63, 3.8) is 0 Å². The van der Waals surface area contributed by atoms with Crippen LogP contribution in [0.1, 0.15) is 37.6 Å². The number of carbonyl (C=O) groups excluding carboxylic acids is 1. The van der Waals surface area contributed by atoms with E-state index in [1.807, 2.05) is 18.2 Å². The summed E-state index contributed by atoms with van der Waals surface area (Å²) in [6.45, 7) is 9.47. The van der Waals surface area contributed by atoms with Crippen LogP contribution in [0.25, 0.3) is 0 Å². The second kappa shape index (κ2) is 6.58. The summed E-state index contributed by atoms with van der Waals surface area (Å²) in [5, 5.41) is 0. The molecule has 1 unspecified atom stereocenters. The van der Waals surface area contributed by atoms with Gasteiger partial charge < -0.3 is 10.5 Å². The van der Waals surface area contributed by atoms with Gasteiger partial charge >= 0.3 is 0 Å². The molecule has 1 fully saturated rings. The Morgan fingerprint density at radius 3 is 2.81 bits per heavy atom. The Balaban J connectivity index is 1.87. The molecule has 1 heterocycles. The normalized spacial score (nSPS) is 22.0.